The van der Waals surface area contributed by atoms with Crippen LogP contribution in [-0.2, 0) is 35.0 Å². The van der Waals surface area contributed by atoms with Gasteiger partial charge in [-0.2, -0.15) is 0 Å². The van der Waals surface area contributed by atoms with E-state index in [-0.39, 0.29) is 25.2 Å². The molecule has 1 unspecified atom stereocenters. The van der Waals surface area contributed by atoms with Gasteiger partial charge in [-0.25, -0.2) is 4.79 Å². The fourth-order valence-electron chi connectivity index (χ4n) is 3.63. The maximum absolute atomic E-state index is 12.6. The number of H-pyrrole nitrogens is 1. The molecular formula is C23H32N2O7. The van der Waals surface area contributed by atoms with Gasteiger partial charge >= 0.3 is 17.9 Å². The van der Waals surface area contributed by atoms with Gasteiger partial charge in [-0.05, 0) is 57.7 Å². The maximum Gasteiger partial charge on any atom is 0.355 e. The van der Waals surface area contributed by atoms with Crippen LogP contribution in [0.5, 0.6) is 0 Å². The highest BCUT2D eigenvalue weighted by Crippen LogP contribution is 2.29. The third-order valence-electron chi connectivity index (χ3n) is 5.44. The summed E-state index contributed by atoms with van der Waals surface area (Å²) in [6.07, 6.45) is 0.525. The average molecular weight is 449 g/mol. The first-order chi connectivity index (χ1) is 14.9. The van der Waals surface area contributed by atoms with Crippen molar-refractivity contribution in [3.8, 4) is 0 Å². The molecule has 0 bridgehead atoms. The Morgan fingerprint density at radius 2 is 1.62 bits per heavy atom. The lowest BCUT2D eigenvalue weighted by Crippen LogP contribution is -2.31. The number of amides is 1. The quantitative estimate of drug-likeness (QED) is 0.462. The zero-order chi connectivity index (χ0) is 24.2. The first-order valence-electron chi connectivity index (χ1n) is 10.5. The summed E-state index contributed by atoms with van der Waals surface area (Å²) in [7, 11) is 2.55. The molecule has 2 rings (SSSR count). The summed E-state index contributed by atoms with van der Waals surface area (Å²) >= 11 is 0. The largest absolute Gasteiger partial charge is 0.469 e. The molecule has 0 saturated carbocycles. The molecule has 9 heteroatoms. The fraction of sp³-hybridized carbons (Fsp3) is 0.565. The molecule has 0 saturated heterocycles. The minimum atomic E-state index is -0.630. The molecule has 2 heterocycles. The molecular weight excluding hydrogens is 416 g/mol. The number of hydrogen-bond donors (Lipinski definition) is 2. The second-order valence-electron chi connectivity index (χ2n) is 8.79. The molecule has 1 aromatic rings. The van der Waals surface area contributed by atoms with Crippen LogP contribution < -0.4 is 5.32 Å². The van der Waals surface area contributed by atoms with E-state index in [0.717, 1.165) is 16.8 Å². The first kappa shape index (κ1) is 25.2. The van der Waals surface area contributed by atoms with Gasteiger partial charge < -0.3 is 24.5 Å². The van der Waals surface area contributed by atoms with E-state index in [1.165, 1.54) is 14.2 Å². The monoisotopic (exact) mass is 448 g/mol. The second kappa shape index (κ2) is 10.0. The van der Waals surface area contributed by atoms with Crippen molar-refractivity contribution in [1.29, 1.82) is 0 Å². The molecule has 1 aliphatic heterocycles. The molecule has 0 aromatic carbocycles. The van der Waals surface area contributed by atoms with Gasteiger partial charge in [0.25, 0.3) is 0 Å². The number of nitrogens with one attached hydrogen (secondary N) is 2. The fourth-order valence-corrected chi connectivity index (χ4v) is 3.63. The lowest BCUT2D eigenvalue weighted by Gasteiger charge is -2.19. The third kappa shape index (κ3) is 5.99. The van der Waals surface area contributed by atoms with Crippen LogP contribution in [0.3, 0.4) is 0 Å². The van der Waals surface area contributed by atoms with Gasteiger partial charge in [-0.15, -0.1) is 0 Å². The molecule has 0 spiro atoms. The molecule has 0 fully saturated rings. The summed E-state index contributed by atoms with van der Waals surface area (Å²) in [5.74, 6) is -1.76. The SMILES string of the molecule is COC(=O)CCC1=C(CC(=O)OC)C(=O)NC1Cc1[nH]c(C(=O)OC(C)(C)C)c(C)c1C. The van der Waals surface area contributed by atoms with Gasteiger partial charge in [0.05, 0.1) is 26.7 Å². The standard InChI is InChI=1S/C23H32N2O7/c1-12-13(2)20(22(29)32-23(3,4)5)24-16(12)11-17-14(8-9-18(26)30-6)15(21(28)25-17)10-19(27)31-7/h17,24H,8-11H2,1-7H3,(H,25,28). The average Bonchev–Trinajstić information content (AvgIpc) is 3.15. The summed E-state index contributed by atoms with van der Waals surface area (Å²) in [6.45, 7) is 9.11. The highest BCUT2D eigenvalue weighted by atomic mass is 16.6. The summed E-state index contributed by atoms with van der Waals surface area (Å²) in [6, 6.07) is -0.435. The summed E-state index contributed by atoms with van der Waals surface area (Å²) in [5.41, 5.74) is 3.13. The van der Waals surface area contributed by atoms with E-state index in [9.17, 15) is 19.2 Å². The van der Waals surface area contributed by atoms with Crippen molar-refractivity contribution in [3.05, 3.63) is 33.7 Å². The van der Waals surface area contributed by atoms with E-state index in [4.69, 9.17) is 14.2 Å². The Morgan fingerprint density at radius 3 is 2.19 bits per heavy atom. The topological polar surface area (TPSA) is 124 Å². The van der Waals surface area contributed by atoms with Crippen LogP contribution >= 0.6 is 0 Å². The van der Waals surface area contributed by atoms with E-state index < -0.39 is 29.6 Å². The van der Waals surface area contributed by atoms with Gasteiger partial charge in [0, 0.05) is 24.1 Å². The predicted molar refractivity (Wildman–Crippen MR) is 116 cm³/mol. The van der Waals surface area contributed by atoms with Gasteiger partial charge in [0.1, 0.15) is 11.3 Å². The van der Waals surface area contributed by atoms with Crippen LogP contribution in [0.2, 0.25) is 0 Å². The highest BCUT2D eigenvalue weighted by Gasteiger charge is 2.34. The Kier molecular flexibility index (Phi) is 7.87. The predicted octanol–water partition coefficient (Wildman–Crippen LogP) is 2.44. The Labute approximate surface area is 187 Å². The van der Waals surface area contributed by atoms with Crippen molar-refractivity contribution < 1.29 is 33.4 Å². The van der Waals surface area contributed by atoms with Crippen LogP contribution in [-0.4, -0.2) is 54.7 Å². The molecule has 0 aliphatic carbocycles. The van der Waals surface area contributed by atoms with Crippen LogP contribution in [0.1, 0.15) is 67.3 Å². The molecule has 1 amide bonds. The number of carbonyl (C=O) groups is 4. The zero-order valence-corrected chi connectivity index (χ0v) is 19.8. The van der Waals surface area contributed by atoms with Crippen molar-refractivity contribution in [2.75, 3.05) is 14.2 Å². The summed E-state index contributed by atoms with van der Waals surface area (Å²) < 4.78 is 14.9. The summed E-state index contributed by atoms with van der Waals surface area (Å²) in [5, 5.41) is 2.89. The van der Waals surface area contributed by atoms with Crippen molar-refractivity contribution in [2.45, 2.75) is 71.9 Å². The van der Waals surface area contributed by atoms with Crippen LogP contribution in [0.15, 0.2) is 11.1 Å². The molecule has 176 valence electrons. The molecule has 32 heavy (non-hydrogen) atoms. The number of methoxy groups -OCH3 is 2. The van der Waals surface area contributed by atoms with Crippen molar-refractivity contribution in [3.63, 3.8) is 0 Å². The number of ether oxygens (including phenoxy) is 3. The molecule has 1 atom stereocenters. The molecule has 0 radical (unpaired) electrons. The molecule has 1 aliphatic rings. The van der Waals surface area contributed by atoms with Crippen LogP contribution in [0.25, 0.3) is 0 Å². The minimum Gasteiger partial charge on any atom is -0.469 e. The Morgan fingerprint density at radius 1 is 1.00 bits per heavy atom. The Bertz CT molecular complexity index is 950. The number of esters is 3. The van der Waals surface area contributed by atoms with Crippen molar-refractivity contribution in [2.24, 2.45) is 0 Å². The van der Waals surface area contributed by atoms with Gasteiger partial charge in [0.15, 0.2) is 0 Å². The number of aromatic amines is 1. The number of hydrogen-bond acceptors (Lipinski definition) is 7. The van der Waals surface area contributed by atoms with E-state index in [2.05, 4.69) is 10.3 Å². The van der Waals surface area contributed by atoms with E-state index in [1.807, 2.05) is 13.8 Å². The van der Waals surface area contributed by atoms with E-state index in [0.29, 0.717) is 23.3 Å². The van der Waals surface area contributed by atoms with Crippen molar-refractivity contribution in [1.82, 2.24) is 10.3 Å². The minimum absolute atomic E-state index is 0.0772. The first-order valence-corrected chi connectivity index (χ1v) is 10.5. The Balaban J connectivity index is 2.34. The molecule has 9 nitrogen and oxygen atoms in total. The highest BCUT2D eigenvalue weighted by molar-refractivity contribution is 6.01. The van der Waals surface area contributed by atoms with Gasteiger partial charge in [0.2, 0.25) is 5.91 Å². The number of rotatable bonds is 8. The lowest BCUT2D eigenvalue weighted by atomic mass is 9.94. The third-order valence-corrected chi connectivity index (χ3v) is 5.44. The number of aromatic nitrogens is 1. The number of carbonyl (C=O) groups excluding carboxylic acids is 4. The Hall–Kier alpha value is -3.10. The van der Waals surface area contributed by atoms with Crippen molar-refractivity contribution >= 4 is 23.8 Å². The summed E-state index contributed by atoms with van der Waals surface area (Å²) in [4.78, 5) is 51.8. The maximum atomic E-state index is 12.6. The second-order valence-corrected chi connectivity index (χ2v) is 8.79. The van der Waals surface area contributed by atoms with E-state index >= 15 is 0 Å². The molecule has 1 aromatic heterocycles. The van der Waals surface area contributed by atoms with Crippen LogP contribution in [0.4, 0.5) is 0 Å². The van der Waals surface area contributed by atoms with Crippen LogP contribution in [0, 0.1) is 13.8 Å². The normalized spacial score (nSPS) is 16.1. The smallest absolute Gasteiger partial charge is 0.355 e. The zero-order valence-electron chi connectivity index (χ0n) is 19.8. The van der Waals surface area contributed by atoms with E-state index in [1.54, 1.807) is 20.8 Å². The van der Waals surface area contributed by atoms with Gasteiger partial charge in [-0.3, -0.25) is 14.4 Å². The van der Waals surface area contributed by atoms with Gasteiger partial charge in [-0.1, -0.05) is 0 Å². The molecule has 2 N–H and O–H groups in total. The lowest BCUT2D eigenvalue weighted by molar-refractivity contribution is -0.141.